The fourth-order valence-electron chi connectivity index (χ4n) is 3.18. The van der Waals surface area contributed by atoms with E-state index in [4.69, 9.17) is 0 Å². The monoisotopic (exact) mass is 395 g/mol. The van der Waals surface area contributed by atoms with Crippen LogP contribution < -0.4 is 5.32 Å². The van der Waals surface area contributed by atoms with Crippen molar-refractivity contribution in [2.45, 2.75) is 12.3 Å². The van der Waals surface area contributed by atoms with Gasteiger partial charge in [0.15, 0.2) is 5.37 Å². The van der Waals surface area contributed by atoms with E-state index in [0.717, 1.165) is 32.8 Å². The molecule has 7 nitrogen and oxygen atoms in total. The van der Waals surface area contributed by atoms with Gasteiger partial charge >= 0.3 is 0 Å². The molecule has 8 heteroatoms. The van der Waals surface area contributed by atoms with Gasteiger partial charge in [-0.25, -0.2) is 0 Å². The van der Waals surface area contributed by atoms with Gasteiger partial charge in [-0.05, 0) is 43.0 Å². The van der Waals surface area contributed by atoms with Crippen LogP contribution in [0.5, 0.6) is 0 Å². The molecule has 0 aliphatic carbocycles. The molecule has 2 aliphatic rings. The number of fused-ring (bicyclic) bond motifs is 1. The van der Waals surface area contributed by atoms with Gasteiger partial charge in [-0.2, -0.15) is 0 Å². The first kappa shape index (κ1) is 18.2. The van der Waals surface area contributed by atoms with Crippen LogP contribution in [0.4, 0.5) is 10.5 Å². The molecule has 2 heterocycles. The Morgan fingerprint density at radius 2 is 1.43 bits per heavy atom. The van der Waals surface area contributed by atoms with Crippen LogP contribution in [0.25, 0.3) is 0 Å². The van der Waals surface area contributed by atoms with Crippen molar-refractivity contribution in [3.63, 3.8) is 0 Å². The Hall–Kier alpha value is -3.13. The molecule has 0 saturated carbocycles. The quantitative estimate of drug-likeness (QED) is 0.784. The Kier molecular flexibility index (Phi) is 4.64. The molecule has 0 unspecified atom stereocenters. The topological polar surface area (TPSA) is 86.8 Å². The smallest absolute Gasteiger partial charge is 0.290 e. The first-order valence-electron chi connectivity index (χ1n) is 8.76. The number of carbonyl (C=O) groups is 4. The summed E-state index contributed by atoms with van der Waals surface area (Å²) in [6, 6.07) is 14.1. The third kappa shape index (κ3) is 3.16. The number of hydrogen-bond acceptors (Lipinski definition) is 6. The summed E-state index contributed by atoms with van der Waals surface area (Å²) < 4.78 is 0. The lowest BCUT2D eigenvalue weighted by molar-refractivity contribution is -0.126. The third-order valence-electron chi connectivity index (χ3n) is 4.70. The van der Waals surface area contributed by atoms with Crippen LogP contribution in [0, 0.1) is 6.92 Å². The number of amides is 4. The van der Waals surface area contributed by atoms with Crippen molar-refractivity contribution >= 4 is 40.4 Å². The second kappa shape index (κ2) is 7.12. The van der Waals surface area contributed by atoms with Crippen LogP contribution in [0.3, 0.4) is 0 Å². The van der Waals surface area contributed by atoms with E-state index in [1.165, 1.54) is 0 Å². The van der Waals surface area contributed by atoms with Crippen LogP contribution >= 0.6 is 11.8 Å². The molecule has 2 aliphatic heterocycles. The minimum absolute atomic E-state index is 0.0256. The average molecular weight is 395 g/mol. The van der Waals surface area contributed by atoms with Crippen LogP contribution in [0.1, 0.15) is 26.3 Å². The fourth-order valence-corrected chi connectivity index (χ4v) is 4.12. The highest BCUT2D eigenvalue weighted by Gasteiger charge is 2.41. The van der Waals surface area contributed by atoms with E-state index >= 15 is 0 Å². The van der Waals surface area contributed by atoms with Crippen LogP contribution in [0.2, 0.25) is 0 Å². The number of nitrogens with zero attached hydrogens (tertiary/aromatic N) is 2. The van der Waals surface area contributed by atoms with E-state index in [0.29, 0.717) is 11.1 Å². The van der Waals surface area contributed by atoms with Gasteiger partial charge in [0, 0.05) is 18.8 Å². The zero-order valence-corrected chi connectivity index (χ0v) is 15.9. The number of carbonyl (C=O) groups excluding carboxylic acids is 4. The highest BCUT2D eigenvalue weighted by Crippen LogP contribution is 2.29. The maximum Gasteiger partial charge on any atom is 0.290 e. The summed E-state index contributed by atoms with van der Waals surface area (Å²) in [5.41, 5.74) is 2.53. The minimum atomic E-state index is -0.725. The fraction of sp³-hybridized carbons (Fsp3) is 0.200. The average Bonchev–Trinajstić information content (AvgIpc) is 3.09. The van der Waals surface area contributed by atoms with E-state index in [1.54, 1.807) is 24.3 Å². The van der Waals surface area contributed by atoms with Gasteiger partial charge in [-0.3, -0.25) is 29.0 Å². The predicted octanol–water partition coefficient (Wildman–Crippen LogP) is 2.72. The number of thioether (sulfide) groups is 1. The summed E-state index contributed by atoms with van der Waals surface area (Å²) in [6.45, 7) is 1.91. The van der Waals surface area contributed by atoms with Gasteiger partial charge in [0.1, 0.15) is 0 Å². The summed E-state index contributed by atoms with van der Waals surface area (Å²) in [5, 5.41) is 1.92. The molecule has 2 aromatic carbocycles. The van der Waals surface area contributed by atoms with Gasteiger partial charge < -0.3 is 5.32 Å². The Labute approximate surface area is 165 Å². The minimum Gasteiger partial charge on any atom is -0.365 e. The highest BCUT2D eigenvalue weighted by molar-refractivity contribution is 8.15. The second-order valence-corrected chi connectivity index (χ2v) is 7.63. The molecule has 1 atom stereocenters. The lowest BCUT2D eigenvalue weighted by Crippen LogP contribution is -2.41. The number of imide groups is 2. The van der Waals surface area contributed by atoms with Crippen LogP contribution in [-0.4, -0.2) is 51.2 Å². The zero-order valence-electron chi connectivity index (χ0n) is 15.0. The molecule has 0 spiro atoms. The lowest BCUT2D eigenvalue weighted by Gasteiger charge is -2.19. The normalized spacial score (nSPS) is 18.8. The molecule has 142 valence electrons. The largest absolute Gasteiger partial charge is 0.365 e. The zero-order chi connectivity index (χ0) is 19.8. The number of rotatable bonds is 5. The molecule has 0 aromatic heterocycles. The summed E-state index contributed by atoms with van der Waals surface area (Å²) >= 11 is 0.890. The van der Waals surface area contributed by atoms with Gasteiger partial charge in [-0.15, -0.1) is 0 Å². The summed E-state index contributed by atoms with van der Waals surface area (Å²) in [6.07, 6.45) is 0. The van der Waals surface area contributed by atoms with Crippen molar-refractivity contribution in [2.75, 3.05) is 18.4 Å². The molecule has 2 aromatic rings. The molecule has 1 saturated heterocycles. The molecular formula is C20H17N3O4S. The summed E-state index contributed by atoms with van der Waals surface area (Å²) in [7, 11) is 0. The molecule has 28 heavy (non-hydrogen) atoms. The molecule has 0 radical (unpaired) electrons. The predicted molar refractivity (Wildman–Crippen MR) is 105 cm³/mol. The summed E-state index contributed by atoms with van der Waals surface area (Å²) in [5.74, 6) is -1.18. The Morgan fingerprint density at radius 1 is 0.857 bits per heavy atom. The first-order valence-corrected chi connectivity index (χ1v) is 9.64. The maximum absolute atomic E-state index is 12.6. The van der Waals surface area contributed by atoms with Crippen molar-refractivity contribution < 1.29 is 19.2 Å². The number of hydrogen-bond donors (Lipinski definition) is 1. The van der Waals surface area contributed by atoms with Crippen LogP contribution in [0.15, 0.2) is 48.5 Å². The van der Waals surface area contributed by atoms with E-state index in [1.807, 2.05) is 31.2 Å². The lowest BCUT2D eigenvalue weighted by atomic mass is 10.1. The molecule has 0 bridgehead atoms. The number of nitrogens with one attached hydrogen (secondary N) is 1. The van der Waals surface area contributed by atoms with E-state index in [2.05, 4.69) is 5.32 Å². The van der Waals surface area contributed by atoms with Crippen molar-refractivity contribution in [1.29, 1.82) is 0 Å². The van der Waals surface area contributed by atoms with Crippen molar-refractivity contribution in [3.8, 4) is 0 Å². The molecule has 4 amide bonds. The maximum atomic E-state index is 12.6. The van der Waals surface area contributed by atoms with Crippen LogP contribution in [-0.2, 0) is 4.79 Å². The number of aryl methyl sites for hydroxylation is 1. The third-order valence-corrected chi connectivity index (χ3v) is 5.68. The Bertz CT molecular complexity index is 954. The number of benzene rings is 2. The van der Waals surface area contributed by atoms with Crippen molar-refractivity contribution in [2.24, 2.45) is 0 Å². The number of anilines is 1. The van der Waals surface area contributed by atoms with Gasteiger partial charge in [0.2, 0.25) is 0 Å². The Balaban J connectivity index is 1.41. The summed E-state index contributed by atoms with van der Waals surface area (Å²) in [4.78, 5) is 51.8. The molecule has 1 fully saturated rings. The van der Waals surface area contributed by atoms with Gasteiger partial charge in [0.25, 0.3) is 23.0 Å². The standard InChI is InChI=1S/C20H17N3O4S/c1-12-6-8-13(9-7-12)21-16-19(26)23(20(27)28-16)11-10-22-17(24)14-4-2-3-5-15(14)18(22)25/h2-9,16,21H,10-11H2,1H3/t16-/m0/s1. The van der Waals surface area contributed by atoms with E-state index in [-0.39, 0.29) is 19.0 Å². The first-order chi connectivity index (χ1) is 13.5. The molecular weight excluding hydrogens is 378 g/mol. The van der Waals surface area contributed by atoms with Gasteiger partial charge in [0.05, 0.1) is 11.1 Å². The SMILES string of the molecule is Cc1ccc(N[C@H]2SC(=O)N(CCN3C(=O)c4ccccc4C3=O)C2=O)cc1. The van der Waals surface area contributed by atoms with Crippen molar-refractivity contribution in [1.82, 2.24) is 9.80 Å². The molecule has 4 rings (SSSR count). The molecule has 1 N–H and O–H groups in total. The Morgan fingerprint density at radius 3 is 2.04 bits per heavy atom. The van der Waals surface area contributed by atoms with E-state index in [9.17, 15) is 19.2 Å². The highest BCUT2D eigenvalue weighted by atomic mass is 32.2. The van der Waals surface area contributed by atoms with E-state index < -0.39 is 22.4 Å². The van der Waals surface area contributed by atoms with Gasteiger partial charge in [-0.1, -0.05) is 29.8 Å². The van der Waals surface area contributed by atoms with Crippen molar-refractivity contribution in [3.05, 3.63) is 65.2 Å². The second-order valence-electron chi connectivity index (χ2n) is 6.57.